The number of esters is 1. The monoisotopic (exact) mass is 379 g/mol. The highest BCUT2D eigenvalue weighted by Crippen LogP contribution is 2.27. The minimum atomic E-state index is -0.269. The lowest BCUT2D eigenvalue weighted by atomic mass is 10.1. The van der Waals surface area contributed by atoms with Gasteiger partial charge in [0.05, 0.1) is 5.75 Å². The first-order valence-corrected chi connectivity index (χ1v) is 10.1. The summed E-state index contributed by atoms with van der Waals surface area (Å²) >= 11 is 1.47. The van der Waals surface area contributed by atoms with Gasteiger partial charge in [-0.2, -0.15) is 0 Å². The standard InChI is InChI=1S/C20H26FNO3S/c1-2-13-25-20(24)15-26-19-14-18(23)22(19)12-6-4-3-5-7-16-8-10-17(21)11-9-16/h2,8-11,19H,1,3-7,12-15H2/q+1. The van der Waals surface area contributed by atoms with Crippen LogP contribution in [0.2, 0.25) is 0 Å². The van der Waals surface area contributed by atoms with Gasteiger partial charge in [-0.25, -0.2) is 9.18 Å². The minimum Gasteiger partial charge on any atom is -0.461 e. The first-order chi connectivity index (χ1) is 12.6. The number of rotatable bonds is 12. The number of thioether (sulfide) groups is 1. The molecule has 2 rings (SSSR count). The van der Waals surface area contributed by atoms with Crippen molar-refractivity contribution < 1.29 is 18.7 Å². The summed E-state index contributed by atoms with van der Waals surface area (Å²) in [6.45, 7) is 4.47. The lowest BCUT2D eigenvalue weighted by molar-refractivity contribution is -0.139. The lowest BCUT2D eigenvalue weighted by Gasteiger charge is -2.26. The van der Waals surface area contributed by atoms with Gasteiger partial charge in [0.25, 0.3) is 0 Å². The van der Waals surface area contributed by atoms with Gasteiger partial charge in [0.2, 0.25) is 5.37 Å². The van der Waals surface area contributed by atoms with Crippen LogP contribution in [0.1, 0.15) is 37.7 Å². The van der Waals surface area contributed by atoms with Crippen molar-refractivity contribution >= 4 is 23.6 Å². The third-order valence-electron chi connectivity index (χ3n) is 4.30. The number of carbonyl (C=O) groups excluding carboxylic acids is 2. The molecular formula is C20H26FNO3S+. The number of likely N-dealkylation sites (tertiary alicyclic amines) is 1. The molecule has 1 heterocycles. The van der Waals surface area contributed by atoms with Crippen LogP contribution in [0.3, 0.4) is 0 Å². The Morgan fingerprint density at radius 2 is 2.00 bits per heavy atom. The number of amides is 1. The maximum Gasteiger partial charge on any atom is 0.369 e. The molecule has 0 aromatic heterocycles. The highest BCUT2D eigenvalue weighted by atomic mass is 32.2. The lowest BCUT2D eigenvalue weighted by Crippen LogP contribution is -2.56. The van der Waals surface area contributed by atoms with Crippen LogP contribution >= 0.6 is 11.8 Å². The molecule has 1 aromatic rings. The van der Waals surface area contributed by atoms with Crippen molar-refractivity contribution in [3.8, 4) is 0 Å². The van der Waals surface area contributed by atoms with Crippen LogP contribution in [0.5, 0.6) is 0 Å². The molecule has 1 aromatic carbocycles. The van der Waals surface area contributed by atoms with Crippen LogP contribution in [0.15, 0.2) is 36.9 Å². The maximum atomic E-state index is 12.8. The Morgan fingerprint density at radius 1 is 1.27 bits per heavy atom. The van der Waals surface area contributed by atoms with Gasteiger partial charge in [-0.15, -0.1) is 0 Å². The second-order valence-corrected chi connectivity index (χ2v) is 7.49. The van der Waals surface area contributed by atoms with E-state index >= 15 is 0 Å². The molecule has 4 nitrogen and oxygen atoms in total. The molecule has 26 heavy (non-hydrogen) atoms. The van der Waals surface area contributed by atoms with Crippen LogP contribution in [-0.4, -0.2) is 36.2 Å². The number of aryl methyl sites for hydroxylation is 1. The predicted octanol–water partition coefficient (Wildman–Crippen LogP) is 3.79. The van der Waals surface area contributed by atoms with Crippen molar-refractivity contribution in [2.45, 2.75) is 43.9 Å². The van der Waals surface area contributed by atoms with Crippen molar-refractivity contribution in [2.75, 3.05) is 18.9 Å². The third-order valence-corrected chi connectivity index (χ3v) is 5.51. The van der Waals surface area contributed by atoms with Crippen LogP contribution in [0.25, 0.3) is 0 Å². The fourth-order valence-corrected chi connectivity index (χ4v) is 3.89. The largest absolute Gasteiger partial charge is 0.461 e. The molecule has 0 aliphatic carbocycles. The van der Waals surface area contributed by atoms with E-state index in [1.165, 1.54) is 30.0 Å². The number of nitrogens with zero attached hydrogens (tertiary/aromatic N) is 1. The molecule has 141 valence electrons. The van der Waals surface area contributed by atoms with E-state index in [1.807, 2.05) is 17.0 Å². The number of ether oxygens (including phenoxy) is 1. The maximum absolute atomic E-state index is 12.8. The third kappa shape index (κ3) is 6.92. The van der Waals surface area contributed by atoms with E-state index in [1.54, 1.807) is 0 Å². The number of hydrogen-bond acceptors (Lipinski definition) is 4. The molecule has 0 N–H and O–H groups in total. The Hall–Kier alpha value is -1.66. The van der Waals surface area contributed by atoms with Gasteiger partial charge < -0.3 is 4.74 Å². The highest BCUT2D eigenvalue weighted by molar-refractivity contribution is 8.00. The summed E-state index contributed by atoms with van der Waals surface area (Å²) < 4.78 is 17.8. The van der Waals surface area contributed by atoms with E-state index in [2.05, 4.69) is 6.58 Å². The number of halogens is 1. The topological polar surface area (TPSA) is 49.3 Å². The molecule has 0 saturated carbocycles. The molecule has 1 aliphatic heterocycles. The van der Waals surface area contributed by atoms with Crippen molar-refractivity contribution in [3.63, 3.8) is 0 Å². The molecule has 1 unspecified atom stereocenters. The van der Waals surface area contributed by atoms with E-state index in [0.29, 0.717) is 6.42 Å². The molecule has 1 amide bonds. The fraction of sp³-hybridized carbons (Fsp3) is 0.500. The first kappa shape index (κ1) is 20.6. The second-order valence-electron chi connectivity index (χ2n) is 6.32. The molecule has 0 bridgehead atoms. The van der Waals surface area contributed by atoms with Crippen LogP contribution < -0.4 is 4.90 Å². The SMILES string of the molecule is C=CCOC(=O)CSC1CC(=O)[N+]1CCCCCCc1ccc(F)cc1. The second kappa shape index (κ2) is 11.1. The van der Waals surface area contributed by atoms with Crippen LogP contribution in [0.4, 0.5) is 4.39 Å². The summed E-state index contributed by atoms with van der Waals surface area (Å²) in [6.07, 6.45) is 7.17. The van der Waals surface area contributed by atoms with Gasteiger partial charge in [-0.1, -0.05) is 47.9 Å². The fourth-order valence-electron chi connectivity index (χ4n) is 2.82. The number of unbranched alkanes of at least 4 members (excludes halogenated alkanes) is 3. The normalized spacial score (nSPS) is 17.0. The zero-order chi connectivity index (χ0) is 18.8. The Morgan fingerprint density at radius 3 is 2.69 bits per heavy atom. The van der Waals surface area contributed by atoms with Gasteiger partial charge in [0, 0.05) is 6.42 Å². The Kier molecular flexibility index (Phi) is 8.85. The smallest absolute Gasteiger partial charge is 0.369 e. The number of benzene rings is 1. The van der Waals surface area contributed by atoms with Crippen LogP contribution in [0, 0.1) is 5.82 Å². The number of β-lactam (4-membered cyclic amide) rings is 1. The molecule has 1 fully saturated rings. The molecular weight excluding hydrogens is 353 g/mol. The number of carbonyl (C=O) groups is 2. The number of hydrogen-bond donors (Lipinski definition) is 0. The van der Waals surface area contributed by atoms with Crippen molar-refractivity contribution in [1.82, 2.24) is 4.90 Å². The van der Waals surface area contributed by atoms with Gasteiger partial charge in [0.15, 0.2) is 0 Å². The zero-order valence-electron chi connectivity index (χ0n) is 15.0. The highest BCUT2D eigenvalue weighted by Gasteiger charge is 2.48. The summed E-state index contributed by atoms with van der Waals surface area (Å²) in [6, 6.07) is 6.65. The Balaban J connectivity index is 1.55. The molecule has 1 saturated heterocycles. The van der Waals surface area contributed by atoms with E-state index in [0.717, 1.165) is 44.2 Å². The molecule has 0 spiro atoms. The first-order valence-electron chi connectivity index (χ1n) is 9.02. The van der Waals surface area contributed by atoms with Gasteiger partial charge in [0.1, 0.15) is 25.4 Å². The van der Waals surface area contributed by atoms with Crippen molar-refractivity contribution in [3.05, 3.63) is 48.3 Å². The molecule has 6 heteroatoms. The van der Waals surface area contributed by atoms with Gasteiger partial charge in [-0.05, 0) is 37.0 Å². The molecule has 1 aliphatic rings. The summed E-state index contributed by atoms with van der Waals surface area (Å²) in [5.74, 6) is -0.0439. The zero-order valence-corrected chi connectivity index (χ0v) is 15.8. The summed E-state index contributed by atoms with van der Waals surface area (Å²) in [5.41, 5.74) is 1.16. The average molecular weight is 379 g/mol. The van der Waals surface area contributed by atoms with E-state index in [9.17, 15) is 14.0 Å². The molecule has 1 radical (unpaired) electrons. The molecule has 1 atom stereocenters. The van der Waals surface area contributed by atoms with E-state index < -0.39 is 0 Å². The predicted molar refractivity (Wildman–Crippen MR) is 103 cm³/mol. The Labute approximate surface area is 158 Å². The quantitative estimate of drug-likeness (QED) is 0.182. The Bertz CT molecular complexity index is 606. The van der Waals surface area contributed by atoms with E-state index in [-0.39, 0.29) is 35.4 Å². The summed E-state index contributed by atoms with van der Waals surface area (Å²) in [4.78, 5) is 25.1. The minimum absolute atomic E-state index is 0.0954. The summed E-state index contributed by atoms with van der Waals surface area (Å²) in [5, 5.41) is 0.0954. The van der Waals surface area contributed by atoms with Crippen molar-refractivity contribution in [1.29, 1.82) is 0 Å². The van der Waals surface area contributed by atoms with Crippen LogP contribution in [-0.2, 0) is 20.7 Å². The van der Waals surface area contributed by atoms with Gasteiger partial charge in [-0.3, -0.25) is 4.79 Å². The van der Waals surface area contributed by atoms with E-state index in [4.69, 9.17) is 4.74 Å². The average Bonchev–Trinajstić information content (AvgIpc) is 2.63. The van der Waals surface area contributed by atoms with Gasteiger partial charge >= 0.3 is 11.9 Å². The summed E-state index contributed by atoms with van der Waals surface area (Å²) in [7, 11) is 0. The van der Waals surface area contributed by atoms with Crippen molar-refractivity contribution in [2.24, 2.45) is 0 Å².